The first-order valence-electron chi connectivity index (χ1n) is 12.3. The van der Waals surface area contributed by atoms with E-state index in [1.807, 2.05) is 0 Å². The second-order valence-corrected chi connectivity index (χ2v) is 10.9. The van der Waals surface area contributed by atoms with Crippen molar-refractivity contribution in [3.05, 3.63) is 34.9 Å². The van der Waals surface area contributed by atoms with Crippen LogP contribution >= 0.6 is 7.82 Å². The number of imidazole rings is 1. The van der Waals surface area contributed by atoms with Crippen molar-refractivity contribution in [2.45, 2.75) is 55.8 Å². The Morgan fingerprint density at radius 2 is 1.86 bits per heavy atom. The van der Waals surface area contributed by atoms with Crippen molar-refractivity contribution in [3.8, 4) is 0 Å². The SMILES string of the molecule is Nc1nc(=O)n([C@H]2C[C@H](O)[C@@H](CO)O2)cc1CC(=O)OP(=O)(O)OC[C@H]1O[C@@H](n2cnc3c(N)ncnc32)[C@H](O)[C@@H]1O. The summed E-state index contributed by atoms with van der Waals surface area (Å²) in [6.07, 6.45) is -5.90. The zero-order valence-corrected chi connectivity index (χ0v) is 22.4. The molecule has 2 aliphatic rings. The van der Waals surface area contributed by atoms with Gasteiger partial charge in [0.2, 0.25) is 0 Å². The van der Waals surface area contributed by atoms with Crippen LogP contribution in [0, 0.1) is 0 Å². The van der Waals surface area contributed by atoms with Crippen LogP contribution in [0.4, 0.5) is 11.6 Å². The average molecular weight is 614 g/mol. The summed E-state index contributed by atoms with van der Waals surface area (Å²) in [7, 11) is -5.08. The van der Waals surface area contributed by atoms with Crippen molar-refractivity contribution in [1.29, 1.82) is 0 Å². The molecule has 0 saturated carbocycles. The minimum atomic E-state index is -5.08. The van der Waals surface area contributed by atoms with Gasteiger partial charge in [0, 0.05) is 18.2 Å². The van der Waals surface area contributed by atoms with Crippen molar-refractivity contribution in [2.24, 2.45) is 0 Å². The van der Waals surface area contributed by atoms with E-state index in [-0.39, 0.29) is 34.8 Å². The summed E-state index contributed by atoms with van der Waals surface area (Å²) in [6, 6.07) is 0. The van der Waals surface area contributed by atoms with Crippen LogP contribution in [0.15, 0.2) is 23.6 Å². The molecule has 2 saturated heterocycles. The van der Waals surface area contributed by atoms with E-state index in [1.165, 1.54) is 17.2 Å². The Hall–Kier alpha value is -3.59. The topological polar surface area (TPSA) is 303 Å². The third-order valence-corrected chi connectivity index (χ3v) is 7.62. The lowest BCUT2D eigenvalue weighted by Crippen LogP contribution is -2.33. The molecule has 0 bridgehead atoms. The summed E-state index contributed by atoms with van der Waals surface area (Å²) >= 11 is 0. The van der Waals surface area contributed by atoms with Gasteiger partial charge in [-0.05, 0) is 0 Å². The number of phosphoric ester groups is 1. The second-order valence-electron chi connectivity index (χ2n) is 9.49. The lowest BCUT2D eigenvalue weighted by Gasteiger charge is -2.18. The third kappa shape index (κ3) is 5.84. The highest BCUT2D eigenvalue weighted by atomic mass is 31.2. The molecule has 5 heterocycles. The van der Waals surface area contributed by atoms with Gasteiger partial charge in [-0.15, -0.1) is 0 Å². The van der Waals surface area contributed by atoms with Crippen molar-refractivity contribution in [3.63, 3.8) is 0 Å². The smallest absolute Gasteiger partial charge is 0.394 e. The minimum absolute atomic E-state index is 0.0518. The molecule has 8 atom stereocenters. The van der Waals surface area contributed by atoms with E-state index in [1.54, 1.807) is 0 Å². The van der Waals surface area contributed by atoms with Crippen LogP contribution in [-0.2, 0) is 34.3 Å². The number of nitrogens with two attached hydrogens (primary N) is 2. The van der Waals surface area contributed by atoms with E-state index in [0.717, 1.165) is 10.8 Å². The maximum atomic E-state index is 12.5. The Bertz CT molecular complexity index is 1580. The highest BCUT2D eigenvalue weighted by Gasteiger charge is 2.45. The summed E-state index contributed by atoms with van der Waals surface area (Å²) in [5.74, 6) is -1.57. The number of hydrogen-bond acceptors (Lipinski definition) is 17. The van der Waals surface area contributed by atoms with Gasteiger partial charge >= 0.3 is 19.5 Å². The fourth-order valence-electron chi connectivity index (χ4n) is 4.58. The standard InChI is InChI=1S/C21H27N8O12P/c22-17-8(3-28(21(35)27-17)12-2-9(31)10(4-30)39-12)1-13(32)41-42(36,37)38-5-11-15(33)16(34)20(40-11)29-7-26-14-18(23)24-6-25-19(14)29/h3,6-7,9-12,15-16,20,30-31,33-34H,1-2,4-5H2,(H,36,37)(H2,22,27,35)(H2,23,24,25)/t9-,10+,11+,12+,15+,16+,20+/m0/s1. The highest BCUT2D eigenvalue weighted by molar-refractivity contribution is 7.48. The molecule has 0 radical (unpaired) electrons. The molecule has 0 aromatic carbocycles. The van der Waals surface area contributed by atoms with E-state index in [0.29, 0.717) is 0 Å². The van der Waals surface area contributed by atoms with E-state index < -0.39 is 82.1 Å². The number of carbonyl (C=O) groups excluding carboxylic acids is 1. The molecule has 3 aromatic rings. The Morgan fingerprint density at radius 3 is 2.57 bits per heavy atom. The van der Waals surface area contributed by atoms with Crippen LogP contribution in [0.3, 0.4) is 0 Å². The Balaban J connectivity index is 1.21. The number of hydrogen-bond donors (Lipinski definition) is 7. The van der Waals surface area contributed by atoms with Gasteiger partial charge in [0.1, 0.15) is 48.3 Å². The van der Waals surface area contributed by atoms with Gasteiger partial charge in [-0.25, -0.2) is 24.3 Å². The van der Waals surface area contributed by atoms with Crippen molar-refractivity contribution in [2.75, 3.05) is 24.7 Å². The molecule has 228 valence electrons. The van der Waals surface area contributed by atoms with Crippen LogP contribution < -0.4 is 17.2 Å². The van der Waals surface area contributed by atoms with Crippen LogP contribution in [0.1, 0.15) is 24.4 Å². The summed E-state index contributed by atoms with van der Waals surface area (Å²) in [5, 5.41) is 40.1. The first-order chi connectivity index (χ1) is 19.9. The number of fused-ring (bicyclic) bond motifs is 1. The van der Waals surface area contributed by atoms with Gasteiger partial charge < -0.3 is 45.9 Å². The van der Waals surface area contributed by atoms with Gasteiger partial charge in [0.15, 0.2) is 17.7 Å². The van der Waals surface area contributed by atoms with Crippen molar-refractivity contribution >= 4 is 36.6 Å². The number of carbonyl (C=O) groups is 1. The number of nitrogens with zero attached hydrogens (tertiary/aromatic N) is 6. The number of rotatable bonds is 9. The second kappa shape index (κ2) is 11.6. The molecule has 5 rings (SSSR count). The van der Waals surface area contributed by atoms with Crippen molar-refractivity contribution < 1.29 is 53.2 Å². The number of aromatic nitrogens is 6. The Labute approximate surface area is 234 Å². The fourth-order valence-corrected chi connectivity index (χ4v) is 5.29. The number of phosphoric acid groups is 1. The predicted molar refractivity (Wildman–Crippen MR) is 136 cm³/mol. The number of nitrogen functional groups attached to an aromatic ring is 2. The van der Waals surface area contributed by atoms with Crippen LogP contribution in [0.25, 0.3) is 11.2 Å². The summed E-state index contributed by atoms with van der Waals surface area (Å²) in [5.41, 5.74) is 11.0. The molecule has 42 heavy (non-hydrogen) atoms. The largest absolute Gasteiger partial charge is 0.529 e. The van der Waals surface area contributed by atoms with E-state index in [9.17, 15) is 39.5 Å². The quantitative estimate of drug-likeness (QED) is 0.116. The number of aliphatic hydroxyl groups is 4. The number of anilines is 2. The molecule has 0 spiro atoms. The van der Waals surface area contributed by atoms with E-state index in [4.69, 9.17) is 25.5 Å². The summed E-state index contributed by atoms with van der Waals surface area (Å²) in [6.45, 7) is -1.27. The first-order valence-corrected chi connectivity index (χ1v) is 13.8. The molecule has 2 fully saturated rings. The summed E-state index contributed by atoms with van der Waals surface area (Å²) < 4.78 is 35.1. The minimum Gasteiger partial charge on any atom is -0.394 e. The molecule has 0 amide bonds. The average Bonchev–Trinajstić information content (AvgIpc) is 3.60. The molecule has 9 N–H and O–H groups in total. The molecule has 21 heteroatoms. The molecular weight excluding hydrogens is 587 g/mol. The molecule has 20 nitrogen and oxygen atoms in total. The number of aliphatic hydroxyl groups excluding tert-OH is 4. The lowest BCUT2D eigenvalue weighted by molar-refractivity contribution is -0.135. The van der Waals surface area contributed by atoms with E-state index in [2.05, 4.69) is 24.5 Å². The predicted octanol–water partition coefficient (Wildman–Crippen LogP) is -3.29. The van der Waals surface area contributed by atoms with Gasteiger partial charge in [0.25, 0.3) is 0 Å². The normalized spacial score (nSPS) is 29.1. The van der Waals surface area contributed by atoms with Gasteiger partial charge in [-0.1, -0.05) is 0 Å². The van der Waals surface area contributed by atoms with E-state index >= 15 is 0 Å². The zero-order valence-electron chi connectivity index (χ0n) is 21.5. The first kappa shape index (κ1) is 29.9. The van der Waals surface area contributed by atoms with Crippen LogP contribution in [0.5, 0.6) is 0 Å². The van der Waals surface area contributed by atoms with Crippen LogP contribution in [-0.4, -0.2) is 104 Å². The van der Waals surface area contributed by atoms with Crippen LogP contribution in [0.2, 0.25) is 0 Å². The molecule has 0 aliphatic carbocycles. The Kier molecular flexibility index (Phi) is 8.25. The molecule has 1 unspecified atom stereocenters. The van der Waals surface area contributed by atoms with Gasteiger partial charge in [0.05, 0.1) is 32.1 Å². The highest BCUT2D eigenvalue weighted by Crippen LogP contribution is 2.45. The third-order valence-electron chi connectivity index (χ3n) is 6.71. The van der Waals surface area contributed by atoms with Crippen molar-refractivity contribution in [1.82, 2.24) is 29.1 Å². The summed E-state index contributed by atoms with van der Waals surface area (Å²) in [4.78, 5) is 50.3. The lowest BCUT2D eigenvalue weighted by atomic mass is 10.1. The van der Waals surface area contributed by atoms with Gasteiger partial charge in [-0.2, -0.15) is 4.98 Å². The maximum Gasteiger partial charge on any atom is 0.529 e. The van der Waals surface area contributed by atoms with Gasteiger partial charge in [-0.3, -0.25) is 23.3 Å². The monoisotopic (exact) mass is 614 g/mol. The molecular formula is C21H27N8O12P. The molecule has 2 aliphatic heterocycles. The fraction of sp³-hybridized carbons (Fsp3) is 0.524. The zero-order chi connectivity index (χ0) is 30.3. The number of ether oxygens (including phenoxy) is 2. The molecule has 3 aromatic heterocycles. The maximum absolute atomic E-state index is 12.5. The Morgan fingerprint density at radius 1 is 1.10 bits per heavy atom.